The highest BCUT2D eigenvalue weighted by Gasteiger charge is 2.24. The number of rotatable bonds is 6. The summed E-state index contributed by atoms with van der Waals surface area (Å²) in [5.74, 6) is 0.972. The van der Waals surface area contributed by atoms with Crippen molar-refractivity contribution in [2.24, 2.45) is 5.92 Å². The van der Waals surface area contributed by atoms with Gasteiger partial charge in [0.2, 0.25) is 0 Å². The van der Waals surface area contributed by atoms with Gasteiger partial charge in [-0.3, -0.25) is 9.59 Å². The van der Waals surface area contributed by atoms with E-state index in [4.69, 9.17) is 4.74 Å². The molecule has 2 amide bonds. The highest BCUT2D eigenvalue weighted by Crippen LogP contribution is 2.23. The molecule has 1 aliphatic heterocycles. The molecule has 1 N–H and O–H groups in total. The van der Waals surface area contributed by atoms with Gasteiger partial charge in [-0.1, -0.05) is 29.8 Å². The fourth-order valence-electron chi connectivity index (χ4n) is 3.59. The Morgan fingerprint density at radius 1 is 1.10 bits per heavy atom. The van der Waals surface area contributed by atoms with Gasteiger partial charge in [0, 0.05) is 24.7 Å². The van der Waals surface area contributed by atoms with Crippen LogP contribution in [0, 0.1) is 12.8 Å². The van der Waals surface area contributed by atoms with E-state index in [1.165, 1.54) is 0 Å². The normalized spacial score (nSPS) is 14.7. The maximum Gasteiger partial charge on any atom is 0.255 e. The molecule has 0 atom stereocenters. The van der Waals surface area contributed by atoms with Crippen molar-refractivity contribution in [3.05, 3.63) is 65.2 Å². The molecule has 2 aromatic carbocycles. The van der Waals surface area contributed by atoms with Gasteiger partial charge in [-0.25, -0.2) is 0 Å². The predicted molar refractivity (Wildman–Crippen MR) is 114 cm³/mol. The number of carbonyl (C=O) groups is 2. The fraction of sp³-hybridized carbons (Fsp3) is 0.417. The Bertz CT molecular complexity index is 855. The highest BCUT2D eigenvalue weighted by atomic mass is 16.5. The summed E-state index contributed by atoms with van der Waals surface area (Å²) >= 11 is 0. The number of aryl methyl sites for hydroxylation is 1. The maximum absolute atomic E-state index is 12.7. The molecule has 1 heterocycles. The molecule has 2 aromatic rings. The molecule has 5 nitrogen and oxygen atoms in total. The van der Waals surface area contributed by atoms with Crippen molar-refractivity contribution < 1.29 is 14.3 Å². The minimum atomic E-state index is -0.117. The lowest BCUT2D eigenvalue weighted by Gasteiger charge is -2.32. The van der Waals surface area contributed by atoms with Crippen LogP contribution in [-0.4, -0.2) is 42.5 Å². The molecule has 0 saturated carbocycles. The second kappa shape index (κ2) is 9.59. The van der Waals surface area contributed by atoms with Crippen LogP contribution in [0.1, 0.15) is 53.0 Å². The van der Waals surface area contributed by atoms with Crippen molar-refractivity contribution in [2.45, 2.75) is 39.7 Å². The molecule has 0 radical (unpaired) electrons. The Balaban J connectivity index is 1.53. The monoisotopic (exact) mass is 394 g/mol. The summed E-state index contributed by atoms with van der Waals surface area (Å²) in [4.78, 5) is 27.0. The number of nitrogens with one attached hydrogen (secondary N) is 1. The van der Waals surface area contributed by atoms with Crippen LogP contribution in [0.4, 0.5) is 0 Å². The minimum absolute atomic E-state index is 0.0748. The third-order valence-corrected chi connectivity index (χ3v) is 5.19. The van der Waals surface area contributed by atoms with Crippen molar-refractivity contribution in [1.82, 2.24) is 10.2 Å². The maximum atomic E-state index is 12.7. The summed E-state index contributed by atoms with van der Waals surface area (Å²) in [5.41, 5.74) is 2.41. The van der Waals surface area contributed by atoms with Crippen molar-refractivity contribution in [3.8, 4) is 5.75 Å². The van der Waals surface area contributed by atoms with E-state index in [-0.39, 0.29) is 17.9 Å². The smallest absolute Gasteiger partial charge is 0.255 e. The second-order valence-electron chi connectivity index (χ2n) is 8.04. The van der Waals surface area contributed by atoms with Crippen LogP contribution in [0.2, 0.25) is 0 Å². The number of benzene rings is 2. The molecular formula is C24H30N2O3. The van der Waals surface area contributed by atoms with Gasteiger partial charge in [0.05, 0.1) is 12.2 Å². The molecule has 1 fully saturated rings. The first-order valence-electron chi connectivity index (χ1n) is 10.3. The van der Waals surface area contributed by atoms with Gasteiger partial charge in [0.15, 0.2) is 0 Å². The number of likely N-dealkylation sites (tertiary alicyclic amines) is 1. The molecule has 5 heteroatoms. The minimum Gasteiger partial charge on any atom is -0.492 e. The average molecular weight is 395 g/mol. The molecule has 154 valence electrons. The fourth-order valence-corrected chi connectivity index (χ4v) is 3.59. The van der Waals surface area contributed by atoms with Crippen LogP contribution in [0.5, 0.6) is 5.75 Å². The van der Waals surface area contributed by atoms with Gasteiger partial charge >= 0.3 is 0 Å². The molecular weight excluding hydrogens is 364 g/mol. The van der Waals surface area contributed by atoms with E-state index in [9.17, 15) is 9.59 Å². The largest absolute Gasteiger partial charge is 0.492 e. The third-order valence-electron chi connectivity index (χ3n) is 5.19. The van der Waals surface area contributed by atoms with Crippen LogP contribution >= 0.6 is 0 Å². The zero-order valence-corrected chi connectivity index (χ0v) is 17.5. The van der Waals surface area contributed by atoms with E-state index >= 15 is 0 Å². The SMILES string of the molecule is Cc1cccc(C(=O)N2CCC(COc3ccccc3C(=O)NC(C)C)CC2)c1. The summed E-state index contributed by atoms with van der Waals surface area (Å²) < 4.78 is 6.01. The second-order valence-corrected chi connectivity index (χ2v) is 8.04. The molecule has 0 unspecified atom stereocenters. The van der Waals surface area contributed by atoms with E-state index in [0.29, 0.717) is 23.8 Å². The number of hydrogen-bond donors (Lipinski definition) is 1. The molecule has 0 spiro atoms. The Hall–Kier alpha value is -2.82. The number of amides is 2. The molecule has 0 aliphatic carbocycles. The molecule has 3 rings (SSSR count). The number of nitrogens with zero attached hydrogens (tertiary/aromatic N) is 1. The van der Waals surface area contributed by atoms with E-state index in [1.807, 2.05) is 68.1 Å². The molecule has 0 bridgehead atoms. The van der Waals surface area contributed by atoms with Crippen LogP contribution in [-0.2, 0) is 0 Å². The van der Waals surface area contributed by atoms with Crippen molar-refractivity contribution in [3.63, 3.8) is 0 Å². The van der Waals surface area contributed by atoms with Gasteiger partial charge in [-0.15, -0.1) is 0 Å². The van der Waals surface area contributed by atoms with E-state index in [2.05, 4.69) is 5.32 Å². The van der Waals surface area contributed by atoms with Crippen LogP contribution in [0.15, 0.2) is 48.5 Å². The van der Waals surface area contributed by atoms with Crippen LogP contribution in [0.3, 0.4) is 0 Å². The lowest BCUT2D eigenvalue weighted by molar-refractivity contribution is 0.0659. The van der Waals surface area contributed by atoms with Gasteiger partial charge < -0.3 is 15.0 Å². The van der Waals surface area contributed by atoms with Gasteiger partial charge in [0.1, 0.15) is 5.75 Å². The molecule has 29 heavy (non-hydrogen) atoms. The molecule has 1 aliphatic rings. The first-order chi connectivity index (χ1) is 13.9. The van der Waals surface area contributed by atoms with E-state index < -0.39 is 0 Å². The Morgan fingerprint density at radius 2 is 1.83 bits per heavy atom. The summed E-state index contributed by atoms with van der Waals surface area (Å²) in [6.45, 7) is 7.89. The summed E-state index contributed by atoms with van der Waals surface area (Å²) in [6.07, 6.45) is 1.80. The zero-order valence-electron chi connectivity index (χ0n) is 17.5. The van der Waals surface area contributed by atoms with Crippen molar-refractivity contribution in [1.29, 1.82) is 0 Å². The van der Waals surface area contributed by atoms with Crippen molar-refractivity contribution in [2.75, 3.05) is 19.7 Å². The van der Waals surface area contributed by atoms with E-state index in [0.717, 1.165) is 37.1 Å². The molecule has 0 aromatic heterocycles. The summed E-state index contributed by atoms with van der Waals surface area (Å²) in [5, 5.41) is 2.91. The Morgan fingerprint density at radius 3 is 2.52 bits per heavy atom. The lowest BCUT2D eigenvalue weighted by Crippen LogP contribution is -2.39. The van der Waals surface area contributed by atoms with E-state index in [1.54, 1.807) is 6.07 Å². The number of hydrogen-bond acceptors (Lipinski definition) is 3. The van der Waals surface area contributed by atoms with Crippen molar-refractivity contribution >= 4 is 11.8 Å². The predicted octanol–water partition coefficient (Wildman–Crippen LogP) is 4.06. The number of ether oxygens (including phenoxy) is 1. The quantitative estimate of drug-likeness (QED) is 0.804. The average Bonchev–Trinajstić information content (AvgIpc) is 2.72. The summed E-state index contributed by atoms with van der Waals surface area (Å²) in [7, 11) is 0. The first kappa shape index (κ1) is 20.9. The lowest BCUT2D eigenvalue weighted by atomic mass is 9.97. The number of piperidine rings is 1. The topological polar surface area (TPSA) is 58.6 Å². The highest BCUT2D eigenvalue weighted by molar-refractivity contribution is 5.97. The Labute approximate surface area is 173 Å². The first-order valence-corrected chi connectivity index (χ1v) is 10.3. The van der Waals surface area contributed by atoms with Crippen LogP contribution < -0.4 is 10.1 Å². The van der Waals surface area contributed by atoms with Gasteiger partial charge in [-0.2, -0.15) is 0 Å². The number of para-hydroxylation sites is 1. The van der Waals surface area contributed by atoms with Crippen LogP contribution in [0.25, 0.3) is 0 Å². The standard InChI is InChI=1S/C24H30N2O3/c1-17(2)25-23(27)21-9-4-5-10-22(21)29-16-19-11-13-26(14-12-19)24(28)20-8-6-7-18(3)15-20/h4-10,15,17,19H,11-14,16H2,1-3H3,(H,25,27). The Kier molecular flexibility index (Phi) is 6.91. The zero-order chi connectivity index (χ0) is 20.8. The number of carbonyl (C=O) groups excluding carboxylic acids is 2. The third kappa shape index (κ3) is 5.59. The summed E-state index contributed by atoms with van der Waals surface area (Å²) in [6, 6.07) is 15.2. The molecule has 1 saturated heterocycles. The van der Waals surface area contributed by atoms with Gasteiger partial charge in [-0.05, 0) is 63.8 Å². The van der Waals surface area contributed by atoms with Gasteiger partial charge in [0.25, 0.3) is 11.8 Å².